The van der Waals surface area contributed by atoms with Gasteiger partial charge in [0.05, 0.1) is 5.22 Å². The van der Waals surface area contributed by atoms with Gasteiger partial charge in [0.25, 0.3) is 0 Å². The summed E-state index contributed by atoms with van der Waals surface area (Å²) >= 11 is 0. The van der Waals surface area contributed by atoms with E-state index >= 15 is 0 Å². The lowest BCUT2D eigenvalue weighted by Crippen LogP contribution is -2.32. The summed E-state index contributed by atoms with van der Waals surface area (Å²) in [5, 5.41) is 10.1. The molecule has 0 spiro atoms. The van der Waals surface area contributed by atoms with Gasteiger partial charge < -0.3 is 0 Å². The lowest BCUT2D eigenvalue weighted by molar-refractivity contribution is -0.732. The molecule has 0 aromatic carbocycles. The minimum atomic E-state index is -0.194. The fourth-order valence-electron chi connectivity index (χ4n) is 0.308. The van der Waals surface area contributed by atoms with Gasteiger partial charge >= 0.3 is 6.41 Å². The number of nitrogens with zero attached hydrogens (tertiary/aromatic N) is 4. The molecule has 1 aliphatic rings. The van der Waals surface area contributed by atoms with Gasteiger partial charge in [-0.2, -0.15) is 0 Å². The van der Waals surface area contributed by atoms with Crippen molar-refractivity contribution in [3.8, 4) is 0 Å². The zero-order valence-electron chi connectivity index (χ0n) is 4.35. The third-order valence-electron chi connectivity index (χ3n) is 0.783. The minimum absolute atomic E-state index is 0.194. The van der Waals surface area contributed by atoms with Crippen LogP contribution < -0.4 is 0 Å². The predicted octanol–water partition coefficient (Wildman–Crippen LogP) is -0.0865. The van der Waals surface area contributed by atoms with E-state index in [1.165, 1.54) is 6.34 Å². The van der Waals surface area contributed by atoms with Crippen LogP contribution in [0.4, 0.5) is 0 Å². The molecule has 0 saturated carbocycles. The molecule has 0 bridgehead atoms. The van der Waals surface area contributed by atoms with E-state index in [1.54, 1.807) is 7.05 Å². The number of rotatable bonds is 1. The van der Waals surface area contributed by atoms with Crippen LogP contribution in [0, 0.1) is 0 Å². The fourth-order valence-corrected chi connectivity index (χ4v) is 0.308. The largest absolute Gasteiger partial charge is 0.335 e. The van der Waals surface area contributed by atoms with E-state index in [-0.39, 0.29) is 4.59 Å². The standard InChI is InChI=1S/C3H5N4O/c1-7(3-8)2-4-5-6-7/h2-3H,1H3/q+1. The van der Waals surface area contributed by atoms with Crippen LogP contribution in [0.2, 0.25) is 0 Å². The zero-order valence-corrected chi connectivity index (χ0v) is 4.35. The Morgan fingerprint density at radius 3 is 2.75 bits per heavy atom. The highest BCUT2D eigenvalue weighted by Crippen LogP contribution is 2.01. The molecule has 1 aliphatic heterocycles. The fraction of sp³-hybridized carbons (Fsp3) is 0.333. The van der Waals surface area contributed by atoms with Crippen molar-refractivity contribution in [3.05, 3.63) is 0 Å². The first-order chi connectivity index (χ1) is 3.77. The van der Waals surface area contributed by atoms with Crippen LogP contribution in [-0.4, -0.2) is 24.4 Å². The first kappa shape index (κ1) is 5.04. The molecule has 0 aromatic heterocycles. The Morgan fingerprint density at radius 2 is 2.50 bits per heavy atom. The number of hydrogen-bond acceptors (Lipinski definition) is 4. The topological polar surface area (TPSA) is 54.1 Å². The van der Waals surface area contributed by atoms with E-state index in [0.717, 1.165) is 0 Å². The SMILES string of the molecule is C[N+]1(C=O)C=NN=N1. The van der Waals surface area contributed by atoms with Gasteiger partial charge in [-0.1, -0.05) is 9.69 Å². The maximum atomic E-state index is 10.1. The summed E-state index contributed by atoms with van der Waals surface area (Å²) in [4.78, 5) is 10.1. The molecule has 1 rings (SSSR count). The average molecular weight is 113 g/mol. The van der Waals surface area contributed by atoms with Crippen molar-refractivity contribution in [2.45, 2.75) is 0 Å². The van der Waals surface area contributed by atoms with Crippen molar-refractivity contribution in [3.63, 3.8) is 0 Å². The Kier molecular flexibility index (Phi) is 0.911. The van der Waals surface area contributed by atoms with E-state index in [9.17, 15) is 4.79 Å². The second kappa shape index (κ2) is 1.45. The van der Waals surface area contributed by atoms with E-state index in [1.807, 2.05) is 0 Å². The first-order valence-electron chi connectivity index (χ1n) is 2.06. The predicted molar refractivity (Wildman–Crippen MR) is 25.6 cm³/mol. The molecule has 0 saturated heterocycles. The summed E-state index contributed by atoms with van der Waals surface area (Å²) in [5.74, 6) is 0. The zero-order chi connectivity index (χ0) is 6.04. The van der Waals surface area contributed by atoms with Gasteiger partial charge in [-0.25, -0.2) is 4.79 Å². The van der Waals surface area contributed by atoms with E-state index in [0.29, 0.717) is 6.41 Å². The number of carbonyl (C=O) groups is 1. The Labute approximate surface area is 45.9 Å². The Hall–Kier alpha value is -1.10. The molecule has 0 radical (unpaired) electrons. The Balaban J connectivity index is 2.83. The monoisotopic (exact) mass is 113 g/mol. The quantitative estimate of drug-likeness (QED) is 0.346. The van der Waals surface area contributed by atoms with E-state index < -0.39 is 0 Å². The van der Waals surface area contributed by atoms with Crippen LogP contribution >= 0.6 is 0 Å². The average Bonchev–Trinajstić information content (AvgIpc) is 2.17. The van der Waals surface area contributed by atoms with Crippen LogP contribution in [0.25, 0.3) is 0 Å². The molecule has 8 heavy (non-hydrogen) atoms. The second-order valence-electron chi connectivity index (χ2n) is 1.61. The van der Waals surface area contributed by atoms with Crippen LogP contribution in [0.3, 0.4) is 0 Å². The van der Waals surface area contributed by atoms with Crippen molar-refractivity contribution in [1.29, 1.82) is 0 Å². The summed E-state index contributed by atoms with van der Waals surface area (Å²) < 4.78 is -0.194. The molecule has 0 aliphatic carbocycles. The van der Waals surface area contributed by atoms with Gasteiger partial charge in [0.2, 0.25) is 6.34 Å². The van der Waals surface area contributed by atoms with Gasteiger partial charge in [0.1, 0.15) is 7.05 Å². The number of hydrogen-bond donors (Lipinski definition) is 0. The molecule has 0 aromatic rings. The van der Waals surface area contributed by atoms with Gasteiger partial charge in [0.15, 0.2) is 0 Å². The molecule has 5 nitrogen and oxygen atoms in total. The highest BCUT2D eigenvalue weighted by molar-refractivity contribution is 5.59. The summed E-state index contributed by atoms with van der Waals surface area (Å²) in [6.07, 6.45) is 1.98. The summed E-state index contributed by atoms with van der Waals surface area (Å²) in [6.45, 7) is 0. The van der Waals surface area contributed by atoms with Gasteiger partial charge in [-0.3, -0.25) is 0 Å². The lowest BCUT2D eigenvalue weighted by Gasteiger charge is -2.02. The molecule has 5 heteroatoms. The minimum Gasteiger partial charge on any atom is -0.231 e. The summed E-state index contributed by atoms with van der Waals surface area (Å²) in [7, 11) is 1.58. The molecular weight excluding hydrogens is 108 g/mol. The van der Waals surface area contributed by atoms with Crippen LogP contribution in [0.15, 0.2) is 15.5 Å². The molecule has 0 N–H and O–H groups in total. The van der Waals surface area contributed by atoms with E-state index in [2.05, 4.69) is 15.5 Å². The normalized spacial score (nSPS) is 33.6. The summed E-state index contributed by atoms with van der Waals surface area (Å²) in [5.41, 5.74) is 0. The van der Waals surface area contributed by atoms with Gasteiger partial charge in [0, 0.05) is 5.22 Å². The summed E-state index contributed by atoms with van der Waals surface area (Å²) in [6, 6.07) is 0. The highest BCUT2D eigenvalue weighted by atomic mass is 16.2. The van der Waals surface area contributed by atoms with Gasteiger partial charge in [-0.05, 0) is 0 Å². The molecule has 42 valence electrons. The van der Waals surface area contributed by atoms with Crippen LogP contribution in [0.5, 0.6) is 0 Å². The molecule has 1 atom stereocenters. The first-order valence-corrected chi connectivity index (χ1v) is 2.06. The van der Waals surface area contributed by atoms with Crippen molar-refractivity contribution >= 4 is 12.7 Å². The molecule has 1 amide bonds. The van der Waals surface area contributed by atoms with Gasteiger partial charge in [-0.15, -0.1) is 0 Å². The number of carbonyl (C=O) groups excluding carboxylic acids is 1. The lowest BCUT2D eigenvalue weighted by atomic mass is 10.9. The van der Waals surface area contributed by atoms with Crippen LogP contribution in [-0.2, 0) is 4.79 Å². The van der Waals surface area contributed by atoms with Crippen molar-refractivity contribution in [2.24, 2.45) is 15.5 Å². The number of quaternary nitrogens is 1. The Morgan fingerprint density at radius 1 is 1.75 bits per heavy atom. The van der Waals surface area contributed by atoms with Crippen molar-refractivity contribution in [1.82, 2.24) is 0 Å². The number of amides is 1. The van der Waals surface area contributed by atoms with Crippen LogP contribution in [0.1, 0.15) is 0 Å². The van der Waals surface area contributed by atoms with Crippen molar-refractivity contribution < 1.29 is 9.39 Å². The molecule has 1 unspecified atom stereocenters. The third kappa shape index (κ3) is 0.627. The third-order valence-corrected chi connectivity index (χ3v) is 0.783. The second-order valence-corrected chi connectivity index (χ2v) is 1.61. The maximum Gasteiger partial charge on any atom is 0.335 e. The Bertz CT molecular complexity index is 149. The van der Waals surface area contributed by atoms with E-state index in [4.69, 9.17) is 0 Å². The highest BCUT2D eigenvalue weighted by Gasteiger charge is 2.21. The molecular formula is C3H5N4O+. The van der Waals surface area contributed by atoms with Crippen molar-refractivity contribution in [2.75, 3.05) is 7.05 Å². The smallest absolute Gasteiger partial charge is 0.231 e. The maximum absolute atomic E-state index is 10.1. The molecule has 1 heterocycles. The molecule has 0 fully saturated rings.